The van der Waals surface area contributed by atoms with Gasteiger partial charge in [-0.25, -0.2) is 0 Å². The normalized spacial score (nSPS) is 16.1. The molecule has 0 saturated heterocycles. The summed E-state index contributed by atoms with van der Waals surface area (Å²) >= 11 is 0. The van der Waals surface area contributed by atoms with Gasteiger partial charge in [-0.05, 0) is 18.4 Å². The summed E-state index contributed by atoms with van der Waals surface area (Å²) in [5, 5.41) is 17.7. The van der Waals surface area contributed by atoms with Gasteiger partial charge in [0.2, 0.25) is 11.8 Å². The molecule has 2 aromatic rings. The van der Waals surface area contributed by atoms with E-state index in [-0.39, 0.29) is 6.61 Å². The molecule has 1 aromatic carbocycles. The van der Waals surface area contributed by atoms with E-state index in [4.69, 9.17) is 4.42 Å². The molecule has 124 valence electrons. The monoisotopic (exact) mass is 315 g/mol. The third kappa shape index (κ3) is 4.62. The molecule has 0 bridgehead atoms. The van der Waals surface area contributed by atoms with Crippen molar-refractivity contribution in [2.45, 2.75) is 51.1 Å². The minimum Gasteiger partial charge on any atom is -0.424 e. The summed E-state index contributed by atoms with van der Waals surface area (Å²) < 4.78 is 5.81. The lowest BCUT2D eigenvalue weighted by molar-refractivity contribution is 0.107. The van der Waals surface area contributed by atoms with Crippen LogP contribution in [-0.4, -0.2) is 39.4 Å². The molecule has 0 aliphatic heterocycles. The van der Waals surface area contributed by atoms with Crippen LogP contribution in [0, 0.1) is 0 Å². The van der Waals surface area contributed by atoms with E-state index in [9.17, 15) is 5.11 Å². The fraction of sp³-hybridized carbons (Fsp3) is 0.556. The fourth-order valence-electron chi connectivity index (χ4n) is 3.33. The van der Waals surface area contributed by atoms with E-state index in [0.717, 1.165) is 0 Å². The van der Waals surface area contributed by atoms with Gasteiger partial charge in [0.1, 0.15) is 0 Å². The Labute approximate surface area is 137 Å². The maximum Gasteiger partial charge on any atom is 0.230 e. The molecule has 1 aliphatic rings. The fourth-order valence-corrected chi connectivity index (χ4v) is 3.33. The number of hydrogen-bond donors (Lipinski definition) is 1. The first-order valence-corrected chi connectivity index (χ1v) is 8.55. The summed E-state index contributed by atoms with van der Waals surface area (Å²) in [5.74, 6) is 1.30. The Morgan fingerprint density at radius 3 is 2.52 bits per heavy atom. The Kier molecular flexibility index (Phi) is 5.77. The van der Waals surface area contributed by atoms with E-state index < -0.39 is 0 Å². The van der Waals surface area contributed by atoms with Crippen molar-refractivity contribution in [3.05, 3.63) is 47.7 Å². The number of hydrogen-bond acceptors (Lipinski definition) is 5. The lowest BCUT2D eigenvalue weighted by Gasteiger charge is -2.32. The third-order valence-corrected chi connectivity index (χ3v) is 4.52. The Morgan fingerprint density at radius 2 is 1.78 bits per heavy atom. The molecule has 23 heavy (non-hydrogen) atoms. The standard InChI is InChI=1S/C18H25N3O2/c22-12-11-21(16-9-5-2-6-10-16)14-18-20-19-17(23-18)13-15-7-3-1-4-8-15/h1,3-4,7-8,16,22H,2,5-6,9-14H2. The Morgan fingerprint density at radius 1 is 1.04 bits per heavy atom. The van der Waals surface area contributed by atoms with E-state index in [1.165, 1.54) is 37.7 Å². The highest BCUT2D eigenvalue weighted by Crippen LogP contribution is 2.23. The first-order chi connectivity index (χ1) is 11.3. The summed E-state index contributed by atoms with van der Waals surface area (Å²) in [6.07, 6.45) is 6.93. The predicted octanol–water partition coefficient (Wildman–Crippen LogP) is 2.79. The van der Waals surface area contributed by atoms with Crippen molar-refractivity contribution in [2.24, 2.45) is 0 Å². The second-order valence-corrected chi connectivity index (χ2v) is 6.24. The molecule has 1 fully saturated rings. The van der Waals surface area contributed by atoms with Gasteiger partial charge in [-0.3, -0.25) is 4.90 Å². The first kappa shape index (κ1) is 16.1. The molecule has 1 N–H and O–H groups in total. The van der Waals surface area contributed by atoms with Crippen LogP contribution in [-0.2, 0) is 13.0 Å². The largest absolute Gasteiger partial charge is 0.424 e. The Balaban J connectivity index is 1.61. The summed E-state index contributed by atoms with van der Waals surface area (Å²) in [6.45, 7) is 1.47. The number of benzene rings is 1. The van der Waals surface area contributed by atoms with Crippen LogP contribution in [0.5, 0.6) is 0 Å². The van der Waals surface area contributed by atoms with Gasteiger partial charge in [-0.2, -0.15) is 0 Å². The third-order valence-electron chi connectivity index (χ3n) is 4.52. The molecule has 3 rings (SSSR count). The number of nitrogens with zero attached hydrogens (tertiary/aromatic N) is 3. The Bertz CT molecular complexity index is 579. The molecule has 1 saturated carbocycles. The van der Waals surface area contributed by atoms with Crippen molar-refractivity contribution in [1.29, 1.82) is 0 Å². The second-order valence-electron chi connectivity index (χ2n) is 6.24. The first-order valence-electron chi connectivity index (χ1n) is 8.55. The van der Waals surface area contributed by atoms with Crippen LogP contribution in [0.4, 0.5) is 0 Å². The van der Waals surface area contributed by atoms with Crippen molar-refractivity contribution < 1.29 is 9.52 Å². The maximum atomic E-state index is 9.34. The zero-order valence-corrected chi connectivity index (χ0v) is 13.5. The average Bonchev–Trinajstić information content (AvgIpc) is 3.03. The van der Waals surface area contributed by atoms with Crippen LogP contribution in [0.3, 0.4) is 0 Å². The zero-order chi connectivity index (χ0) is 15.9. The van der Waals surface area contributed by atoms with Crippen molar-refractivity contribution in [2.75, 3.05) is 13.2 Å². The van der Waals surface area contributed by atoms with Crippen LogP contribution in [0.15, 0.2) is 34.7 Å². The summed E-state index contributed by atoms with van der Waals surface area (Å²) in [6, 6.07) is 10.7. The van der Waals surface area contributed by atoms with Gasteiger partial charge in [0.15, 0.2) is 0 Å². The molecule has 0 amide bonds. The topological polar surface area (TPSA) is 62.4 Å². The molecule has 0 atom stereocenters. The summed E-state index contributed by atoms with van der Waals surface area (Å²) in [4.78, 5) is 2.29. The smallest absolute Gasteiger partial charge is 0.230 e. The second kappa shape index (κ2) is 8.22. The van der Waals surface area contributed by atoms with Gasteiger partial charge in [-0.1, -0.05) is 49.6 Å². The van der Waals surface area contributed by atoms with Gasteiger partial charge in [0.05, 0.1) is 19.6 Å². The number of aromatic nitrogens is 2. The molecule has 5 nitrogen and oxygen atoms in total. The highest BCUT2D eigenvalue weighted by Gasteiger charge is 2.22. The van der Waals surface area contributed by atoms with Gasteiger partial charge in [-0.15, -0.1) is 10.2 Å². The van der Waals surface area contributed by atoms with Crippen molar-refractivity contribution in [3.8, 4) is 0 Å². The zero-order valence-electron chi connectivity index (χ0n) is 13.5. The van der Waals surface area contributed by atoms with Crippen molar-refractivity contribution in [3.63, 3.8) is 0 Å². The molecule has 1 heterocycles. The van der Waals surface area contributed by atoms with Crippen LogP contribution in [0.1, 0.15) is 49.4 Å². The van der Waals surface area contributed by atoms with Gasteiger partial charge < -0.3 is 9.52 Å². The number of rotatable bonds is 7. The van der Waals surface area contributed by atoms with E-state index in [1.54, 1.807) is 0 Å². The average molecular weight is 315 g/mol. The van der Waals surface area contributed by atoms with Crippen LogP contribution in [0.2, 0.25) is 0 Å². The Hall–Kier alpha value is -1.72. The number of aliphatic hydroxyl groups excluding tert-OH is 1. The molecule has 0 unspecified atom stereocenters. The molecule has 0 spiro atoms. The highest BCUT2D eigenvalue weighted by atomic mass is 16.4. The van der Waals surface area contributed by atoms with E-state index in [0.29, 0.717) is 37.3 Å². The lowest BCUT2D eigenvalue weighted by atomic mass is 9.94. The van der Waals surface area contributed by atoms with Gasteiger partial charge in [0.25, 0.3) is 0 Å². The molecule has 5 heteroatoms. The minimum absolute atomic E-state index is 0.168. The van der Waals surface area contributed by atoms with Crippen molar-refractivity contribution >= 4 is 0 Å². The molecule has 1 aromatic heterocycles. The lowest BCUT2D eigenvalue weighted by Crippen LogP contribution is -2.38. The maximum absolute atomic E-state index is 9.34. The molecular formula is C18H25N3O2. The van der Waals surface area contributed by atoms with E-state index >= 15 is 0 Å². The van der Waals surface area contributed by atoms with Crippen LogP contribution >= 0.6 is 0 Å². The van der Waals surface area contributed by atoms with Crippen molar-refractivity contribution in [1.82, 2.24) is 15.1 Å². The van der Waals surface area contributed by atoms with Crippen LogP contribution in [0.25, 0.3) is 0 Å². The molecule has 0 radical (unpaired) electrons. The van der Waals surface area contributed by atoms with Gasteiger partial charge in [0, 0.05) is 12.6 Å². The minimum atomic E-state index is 0.168. The van der Waals surface area contributed by atoms with E-state index in [1.807, 2.05) is 18.2 Å². The quantitative estimate of drug-likeness (QED) is 0.851. The SMILES string of the molecule is OCCN(Cc1nnc(Cc2ccccc2)o1)C1CCCCC1. The summed E-state index contributed by atoms with van der Waals surface area (Å²) in [5.41, 5.74) is 1.17. The van der Waals surface area contributed by atoms with Crippen LogP contribution < -0.4 is 0 Å². The number of aliphatic hydroxyl groups is 1. The predicted molar refractivity (Wildman–Crippen MR) is 87.9 cm³/mol. The van der Waals surface area contributed by atoms with Gasteiger partial charge >= 0.3 is 0 Å². The highest BCUT2D eigenvalue weighted by molar-refractivity contribution is 5.17. The molecular weight excluding hydrogens is 290 g/mol. The van der Waals surface area contributed by atoms with E-state index in [2.05, 4.69) is 27.2 Å². The summed E-state index contributed by atoms with van der Waals surface area (Å²) in [7, 11) is 0. The molecule has 1 aliphatic carbocycles.